The first-order valence-corrected chi connectivity index (χ1v) is 7.92. The van der Waals surface area contributed by atoms with Crippen molar-refractivity contribution in [3.63, 3.8) is 0 Å². The fraction of sp³-hybridized carbons (Fsp3) is 0.647. The van der Waals surface area contributed by atoms with Gasteiger partial charge in [-0.2, -0.15) is 5.26 Å². The first-order valence-electron chi connectivity index (χ1n) is 7.92. The van der Waals surface area contributed by atoms with Gasteiger partial charge in [-0.1, -0.05) is 19.3 Å². The zero-order valence-electron chi connectivity index (χ0n) is 12.4. The van der Waals surface area contributed by atoms with Crippen LogP contribution in [0.25, 0.3) is 0 Å². The Balaban J connectivity index is 1.79. The van der Waals surface area contributed by atoms with Gasteiger partial charge in [0, 0.05) is 19.3 Å². The normalized spacial score (nSPS) is 18.6. The molecule has 2 aliphatic carbocycles. The molecule has 3 heteroatoms. The van der Waals surface area contributed by atoms with E-state index in [1.54, 1.807) is 0 Å². The number of hydrogen-bond acceptors (Lipinski definition) is 3. The summed E-state index contributed by atoms with van der Waals surface area (Å²) in [5, 5.41) is 9.39. The Morgan fingerprint density at radius 2 is 2.05 bits per heavy atom. The second-order valence-electron chi connectivity index (χ2n) is 6.32. The number of aryl methyl sites for hydroxylation is 2. The zero-order valence-corrected chi connectivity index (χ0v) is 12.4. The molecule has 0 aromatic carbocycles. The molecule has 0 spiro atoms. The van der Waals surface area contributed by atoms with Gasteiger partial charge in [-0.25, -0.2) is 4.98 Å². The van der Waals surface area contributed by atoms with Crippen molar-refractivity contribution in [2.45, 2.75) is 51.4 Å². The summed E-state index contributed by atoms with van der Waals surface area (Å²) < 4.78 is 0. The molecule has 0 bridgehead atoms. The lowest BCUT2D eigenvalue weighted by Crippen LogP contribution is -2.28. The van der Waals surface area contributed by atoms with Crippen molar-refractivity contribution in [1.82, 2.24) is 4.98 Å². The largest absolute Gasteiger partial charge is 0.358 e. The summed E-state index contributed by atoms with van der Waals surface area (Å²) in [6.45, 7) is 1.04. The third-order valence-electron chi connectivity index (χ3n) is 4.77. The molecule has 0 unspecified atom stereocenters. The van der Waals surface area contributed by atoms with Crippen molar-refractivity contribution in [1.29, 1.82) is 5.26 Å². The molecule has 1 heterocycles. The predicted molar refractivity (Wildman–Crippen MR) is 80.8 cm³/mol. The maximum atomic E-state index is 9.39. The molecule has 3 rings (SSSR count). The van der Waals surface area contributed by atoms with Crippen molar-refractivity contribution in [2.75, 3.05) is 18.5 Å². The zero-order chi connectivity index (χ0) is 13.9. The minimum atomic E-state index is 0.754. The van der Waals surface area contributed by atoms with Crippen LogP contribution in [-0.4, -0.2) is 18.6 Å². The van der Waals surface area contributed by atoms with Crippen LogP contribution >= 0.6 is 0 Å². The molecule has 0 N–H and O–H groups in total. The van der Waals surface area contributed by atoms with Crippen LogP contribution in [0.2, 0.25) is 0 Å². The van der Waals surface area contributed by atoms with Gasteiger partial charge in [-0.05, 0) is 49.7 Å². The molecule has 1 aromatic heterocycles. The second kappa shape index (κ2) is 5.83. The van der Waals surface area contributed by atoms with Crippen LogP contribution in [0, 0.1) is 17.2 Å². The number of fused-ring (bicyclic) bond motifs is 1. The number of nitrogens with zero attached hydrogens (tertiary/aromatic N) is 3. The van der Waals surface area contributed by atoms with Gasteiger partial charge in [-0.15, -0.1) is 0 Å². The molecule has 0 aliphatic heterocycles. The van der Waals surface area contributed by atoms with E-state index in [4.69, 9.17) is 4.98 Å². The van der Waals surface area contributed by atoms with Crippen molar-refractivity contribution in [2.24, 2.45) is 5.92 Å². The second-order valence-corrected chi connectivity index (χ2v) is 6.32. The Kier molecular flexibility index (Phi) is 3.91. The quantitative estimate of drug-likeness (QED) is 0.843. The highest BCUT2D eigenvalue weighted by molar-refractivity contribution is 5.56. The number of aromatic nitrogens is 1. The maximum absolute atomic E-state index is 9.39. The van der Waals surface area contributed by atoms with Gasteiger partial charge >= 0.3 is 0 Å². The highest BCUT2D eigenvalue weighted by Crippen LogP contribution is 2.29. The monoisotopic (exact) mass is 269 g/mol. The first kappa shape index (κ1) is 13.4. The summed E-state index contributed by atoms with van der Waals surface area (Å²) in [6, 6.07) is 4.41. The summed E-state index contributed by atoms with van der Waals surface area (Å²) in [6.07, 6.45) is 10.1. The third kappa shape index (κ3) is 2.65. The van der Waals surface area contributed by atoms with Crippen molar-refractivity contribution >= 4 is 5.82 Å². The smallest absolute Gasteiger partial charge is 0.146 e. The molecule has 0 saturated heterocycles. The fourth-order valence-electron chi connectivity index (χ4n) is 3.68. The molecule has 106 valence electrons. The van der Waals surface area contributed by atoms with Gasteiger partial charge in [0.25, 0.3) is 0 Å². The molecule has 0 radical (unpaired) electrons. The summed E-state index contributed by atoms with van der Waals surface area (Å²) in [4.78, 5) is 7.01. The van der Waals surface area contributed by atoms with E-state index in [-0.39, 0.29) is 0 Å². The highest BCUT2D eigenvalue weighted by Gasteiger charge is 2.21. The summed E-state index contributed by atoms with van der Waals surface area (Å²) >= 11 is 0. The molecule has 0 atom stereocenters. The topological polar surface area (TPSA) is 39.9 Å². The van der Waals surface area contributed by atoms with Crippen molar-refractivity contribution < 1.29 is 0 Å². The molecule has 1 saturated carbocycles. The van der Waals surface area contributed by atoms with E-state index in [1.165, 1.54) is 49.8 Å². The Bertz CT molecular complexity index is 524. The van der Waals surface area contributed by atoms with Crippen LogP contribution in [0.3, 0.4) is 0 Å². The highest BCUT2D eigenvalue weighted by atomic mass is 15.2. The van der Waals surface area contributed by atoms with E-state index >= 15 is 0 Å². The number of anilines is 1. The van der Waals surface area contributed by atoms with Gasteiger partial charge in [0.15, 0.2) is 0 Å². The van der Waals surface area contributed by atoms with Crippen LogP contribution in [-0.2, 0) is 12.8 Å². The number of hydrogen-bond donors (Lipinski definition) is 0. The number of rotatable bonds is 3. The molecule has 1 aromatic rings. The molecular weight excluding hydrogens is 246 g/mol. The lowest BCUT2D eigenvalue weighted by molar-refractivity contribution is 0.361. The lowest BCUT2D eigenvalue weighted by atomic mass is 9.89. The molecule has 0 amide bonds. The summed E-state index contributed by atoms with van der Waals surface area (Å²) in [5.74, 6) is 1.68. The SMILES string of the molecule is CN(CC1CCCCC1)c1nc2c(cc1C#N)CCC2. The van der Waals surface area contributed by atoms with E-state index in [2.05, 4.69) is 24.1 Å². The first-order chi connectivity index (χ1) is 9.78. The van der Waals surface area contributed by atoms with Crippen LogP contribution in [0.15, 0.2) is 6.07 Å². The fourth-order valence-corrected chi connectivity index (χ4v) is 3.68. The van der Waals surface area contributed by atoms with Crippen LogP contribution in [0.1, 0.15) is 55.3 Å². The Morgan fingerprint density at radius 3 is 2.80 bits per heavy atom. The van der Waals surface area contributed by atoms with Gasteiger partial charge < -0.3 is 4.90 Å². The Hall–Kier alpha value is -1.56. The molecule has 20 heavy (non-hydrogen) atoms. The lowest BCUT2D eigenvalue weighted by Gasteiger charge is -2.28. The molecule has 1 fully saturated rings. The van der Waals surface area contributed by atoms with Crippen LogP contribution in [0.4, 0.5) is 5.82 Å². The van der Waals surface area contributed by atoms with E-state index < -0.39 is 0 Å². The molecule has 2 aliphatic rings. The standard InChI is InChI=1S/C17H23N3/c1-20(12-13-6-3-2-4-7-13)17-15(11-18)10-14-8-5-9-16(14)19-17/h10,13H,2-9,12H2,1H3. The van der Waals surface area contributed by atoms with Gasteiger partial charge in [-0.3, -0.25) is 0 Å². The Morgan fingerprint density at radius 1 is 1.25 bits per heavy atom. The van der Waals surface area contributed by atoms with Crippen molar-refractivity contribution in [3.05, 3.63) is 22.9 Å². The van der Waals surface area contributed by atoms with Crippen LogP contribution < -0.4 is 4.90 Å². The minimum Gasteiger partial charge on any atom is -0.358 e. The van der Waals surface area contributed by atoms with E-state index in [0.29, 0.717) is 0 Å². The van der Waals surface area contributed by atoms with Gasteiger partial charge in [0.2, 0.25) is 0 Å². The van der Waals surface area contributed by atoms with E-state index in [0.717, 1.165) is 36.7 Å². The Labute approximate surface area is 121 Å². The van der Waals surface area contributed by atoms with Gasteiger partial charge in [0.05, 0.1) is 5.56 Å². The van der Waals surface area contributed by atoms with Gasteiger partial charge in [0.1, 0.15) is 11.9 Å². The summed E-state index contributed by atoms with van der Waals surface area (Å²) in [7, 11) is 2.10. The number of pyridine rings is 1. The maximum Gasteiger partial charge on any atom is 0.146 e. The predicted octanol–water partition coefficient (Wildman–Crippen LogP) is 3.46. The third-order valence-corrected chi connectivity index (χ3v) is 4.77. The van der Waals surface area contributed by atoms with E-state index in [1.807, 2.05) is 0 Å². The summed E-state index contributed by atoms with van der Waals surface area (Å²) in [5.41, 5.74) is 3.26. The average Bonchev–Trinajstić information content (AvgIpc) is 2.94. The minimum absolute atomic E-state index is 0.754. The van der Waals surface area contributed by atoms with Crippen molar-refractivity contribution in [3.8, 4) is 6.07 Å². The van der Waals surface area contributed by atoms with Crippen LogP contribution in [0.5, 0.6) is 0 Å². The number of nitriles is 1. The van der Waals surface area contributed by atoms with E-state index in [9.17, 15) is 5.26 Å². The molecular formula is C17H23N3. The molecule has 3 nitrogen and oxygen atoms in total. The average molecular weight is 269 g/mol.